The number of aryl methyl sites for hydroxylation is 1. The van der Waals surface area contributed by atoms with E-state index in [1.165, 1.54) is 0 Å². The standard InChI is InChI=1S/C21H20N2O3/c24-20(13-10-17-5-2-1-3-6-17)22-14-4-7-18-8-11-19(12-9-18)23-15-16-26-21(23)25/h1-3,5-6,8-9,11-12H,10,13-16H2,(H,22,24). The number of rotatable bonds is 5. The Morgan fingerprint density at radius 2 is 1.88 bits per heavy atom. The summed E-state index contributed by atoms with van der Waals surface area (Å²) in [6, 6.07) is 17.3. The van der Waals surface area contributed by atoms with Crippen molar-refractivity contribution in [1.82, 2.24) is 5.32 Å². The highest BCUT2D eigenvalue weighted by Gasteiger charge is 2.23. The van der Waals surface area contributed by atoms with E-state index >= 15 is 0 Å². The Morgan fingerprint density at radius 3 is 2.58 bits per heavy atom. The molecular formula is C21H20N2O3. The van der Waals surface area contributed by atoms with E-state index in [4.69, 9.17) is 4.74 Å². The fraction of sp³-hybridized carbons (Fsp3) is 0.238. The molecular weight excluding hydrogens is 328 g/mol. The molecule has 0 bridgehead atoms. The highest BCUT2D eigenvalue weighted by molar-refractivity contribution is 5.89. The number of cyclic esters (lactones) is 1. The molecule has 5 nitrogen and oxygen atoms in total. The average Bonchev–Trinajstić information content (AvgIpc) is 3.11. The van der Waals surface area contributed by atoms with Crippen LogP contribution in [0.25, 0.3) is 0 Å². The van der Waals surface area contributed by atoms with Gasteiger partial charge in [0.05, 0.1) is 13.1 Å². The Bertz CT molecular complexity index is 820. The molecule has 0 spiro atoms. The van der Waals surface area contributed by atoms with Gasteiger partial charge >= 0.3 is 6.09 Å². The molecule has 1 heterocycles. The van der Waals surface area contributed by atoms with Crippen LogP contribution in [0.3, 0.4) is 0 Å². The van der Waals surface area contributed by atoms with Gasteiger partial charge in [0, 0.05) is 17.7 Å². The normalized spacial score (nSPS) is 12.9. The zero-order valence-electron chi connectivity index (χ0n) is 14.4. The molecule has 0 unspecified atom stereocenters. The molecule has 0 aromatic heterocycles. The summed E-state index contributed by atoms with van der Waals surface area (Å²) in [6.45, 7) is 1.30. The molecule has 1 aliphatic rings. The van der Waals surface area contributed by atoms with Crippen molar-refractivity contribution in [3.63, 3.8) is 0 Å². The summed E-state index contributed by atoms with van der Waals surface area (Å²) in [4.78, 5) is 24.9. The van der Waals surface area contributed by atoms with Crippen molar-refractivity contribution >= 4 is 17.7 Å². The van der Waals surface area contributed by atoms with Gasteiger partial charge in [-0.3, -0.25) is 9.69 Å². The molecule has 3 rings (SSSR count). The maximum absolute atomic E-state index is 11.8. The van der Waals surface area contributed by atoms with Gasteiger partial charge in [0.15, 0.2) is 0 Å². The number of carbonyl (C=O) groups is 2. The largest absolute Gasteiger partial charge is 0.447 e. The summed E-state index contributed by atoms with van der Waals surface area (Å²) in [5.74, 6) is 5.94. The summed E-state index contributed by atoms with van der Waals surface area (Å²) in [6.07, 6.45) is 0.856. The molecule has 0 radical (unpaired) electrons. The van der Waals surface area contributed by atoms with Gasteiger partial charge in [-0.25, -0.2) is 4.79 Å². The number of hydrogen-bond donors (Lipinski definition) is 1. The number of nitrogens with zero attached hydrogens (tertiary/aromatic N) is 1. The van der Waals surface area contributed by atoms with E-state index in [0.717, 1.165) is 23.2 Å². The first kappa shape index (κ1) is 17.6. The van der Waals surface area contributed by atoms with Gasteiger partial charge in [0.1, 0.15) is 6.61 Å². The van der Waals surface area contributed by atoms with E-state index in [0.29, 0.717) is 26.1 Å². The SMILES string of the molecule is O=C(CCc1ccccc1)NCC#Cc1ccc(N2CCOC2=O)cc1. The topological polar surface area (TPSA) is 58.6 Å². The minimum atomic E-state index is -0.318. The first-order valence-electron chi connectivity index (χ1n) is 8.56. The highest BCUT2D eigenvalue weighted by Crippen LogP contribution is 2.18. The molecule has 2 amide bonds. The van der Waals surface area contributed by atoms with E-state index in [-0.39, 0.29) is 12.0 Å². The van der Waals surface area contributed by atoms with Crippen molar-refractivity contribution in [3.05, 3.63) is 65.7 Å². The lowest BCUT2D eigenvalue weighted by Gasteiger charge is -2.11. The number of ether oxygens (including phenoxy) is 1. The predicted octanol–water partition coefficient (Wildman–Crippen LogP) is 2.74. The molecule has 26 heavy (non-hydrogen) atoms. The van der Waals surface area contributed by atoms with E-state index in [1.807, 2.05) is 54.6 Å². The third-order valence-electron chi connectivity index (χ3n) is 4.03. The Labute approximate surface area is 153 Å². The Kier molecular flexibility index (Phi) is 5.89. The summed E-state index contributed by atoms with van der Waals surface area (Å²) in [5, 5.41) is 2.80. The van der Waals surface area contributed by atoms with Crippen LogP contribution >= 0.6 is 0 Å². The quantitative estimate of drug-likeness (QED) is 0.846. The first-order valence-corrected chi connectivity index (χ1v) is 8.56. The molecule has 1 saturated heterocycles. The van der Waals surface area contributed by atoms with Crippen molar-refractivity contribution in [2.75, 3.05) is 24.6 Å². The fourth-order valence-electron chi connectivity index (χ4n) is 2.63. The molecule has 0 saturated carbocycles. The van der Waals surface area contributed by atoms with Gasteiger partial charge in [-0.1, -0.05) is 42.2 Å². The summed E-state index contributed by atoms with van der Waals surface area (Å²) in [5.41, 5.74) is 2.78. The van der Waals surface area contributed by atoms with Crippen molar-refractivity contribution in [2.24, 2.45) is 0 Å². The molecule has 2 aromatic carbocycles. The molecule has 1 aliphatic heterocycles. The molecule has 132 valence electrons. The van der Waals surface area contributed by atoms with Crippen molar-refractivity contribution in [2.45, 2.75) is 12.8 Å². The van der Waals surface area contributed by atoms with Crippen LogP contribution in [0.5, 0.6) is 0 Å². The molecule has 0 atom stereocenters. The molecule has 1 fully saturated rings. The van der Waals surface area contributed by atoms with Crippen LogP contribution in [0.4, 0.5) is 10.5 Å². The van der Waals surface area contributed by atoms with Gasteiger partial charge in [-0.15, -0.1) is 0 Å². The zero-order valence-corrected chi connectivity index (χ0v) is 14.4. The lowest BCUT2D eigenvalue weighted by Crippen LogP contribution is -2.23. The van der Waals surface area contributed by atoms with Crippen molar-refractivity contribution in [3.8, 4) is 11.8 Å². The number of nitrogens with one attached hydrogen (secondary N) is 1. The second kappa shape index (κ2) is 8.72. The highest BCUT2D eigenvalue weighted by atomic mass is 16.6. The lowest BCUT2D eigenvalue weighted by molar-refractivity contribution is -0.120. The molecule has 5 heteroatoms. The van der Waals surface area contributed by atoms with Crippen LogP contribution in [0.1, 0.15) is 17.5 Å². The van der Waals surface area contributed by atoms with Crippen LogP contribution in [0.15, 0.2) is 54.6 Å². The Hall–Kier alpha value is -3.26. The van der Waals surface area contributed by atoms with Crippen LogP contribution in [0.2, 0.25) is 0 Å². The van der Waals surface area contributed by atoms with Gasteiger partial charge in [0.25, 0.3) is 0 Å². The summed E-state index contributed by atoms with van der Waals surface area (Å²) >= 11 is 0. The number of carbonyl (C=O) groups excluding carboxylic acids is 2. The second-order valence-corrected chi connectivity index (χ2v) is 5.88. The summed E-state index contributed by atoms with van der Waals surface area (Å²) < 4.78 is 4.92. The van der Waals surface area contributed by atoms with E-state index in [2.05, 4.69) is 17.2 Å². The fourth-order valence-corrected chi connectivity index (χ4v) is 2.63. The van der Waals surface area contributed by atoms with Crippen LogP contribution in [-0.4, -0.2) is 31.7 Å². The number of hydrogen-bond acceptors (Lipinski definition) is 3. The number of benzene rings is 2. The second-order valence-electron chi connectivity index (χ2n) is 5.88. The monoisotopic (exact) mass is 348 g/mol. The Morgan fingerprint density at radius 1 is 1.12 bits per heavy atom. The minimum Gasteiger partial charge on any atom is -0.447 e. The average molecular weight is 348 g/mol. The van der Waals surface area contributed by atoms with E-state index in [1.54, 1.807) is 4.90 Å². The first-order chi connectivity index (χ1) is 12.7. The van der Waals surface area contributed by atoms with Crippen molar-refractivity contribution < 1.29 is 14.3 Å². The van der Waals surface area contributed by atoms with Crippen LogP contribution in [-0.2, 0) is 16.0 Å². The van der Waals surface area contributed by atoms with E-state index in [9.17, 15) is 9.59 Å². The van der Waals surface area contributed by atoms with Crippen LogP contribution < -0.4 is 10.2 Å². The minimum absolute atomic E-state index is 0.00829. The van der Waals surface area contributed by atoms with Crippen LogP contribution in [0, 0.1) is 11.8 Å². The van der Waals surface area contributed by atoms with Gasteiger partial charge in [-0.05, 0) is 36.2 Å². The maximum Gasteiger partial charge on any atom is 0.414 e. The van der Waals surface area contributed by atoms with Gasteiger partial charge < -0.3 is 10.1 Å². The smallest absolute Gasteiger partial charge is 0.414 e. The summed E-state index contributed by atoms with van der Waals surface area (Å²) in [7, 11) is 0. The zero-order chi connectivity index (χ0) is 18.2. The maximum atomic E-state index is 11.8. The number of anilines is 1. The lowest BCUT2D eigenvalue weighted by atomic mass is 10.1. The van der Waals surface area contributed by atoms with E-state index < -0.39 is 0 Å². The van der Waals surface area contributed by atoms with Gasteiger partial charge in [-0.2, -0.15) is 0 Å². The number of amides is 2. The molecule has 0 aliphatic carbocycles. The third kappa shape index (κ3) is 4.87. The van der Waals surface area contributed by atoms with Crippen molar-refractivity contribution in [1.29, 1.82) is 0 Å². The third-order valence-corrected chi connectivity index (χ3v) is 4.03. The molecule has 2 aromatic rings. The van der Waals surface area contributed by atoms with Gasteiger partial charge in [0.2, 0.25) is 5.91 Å². The molecule has 1 N–H and O–H groups in total. The Balaban J connectivity index is 1.43. The predicted molar refractivity (Wildman–Crippen MR) is 99.8 cm³/mol.